The van der Waals surface area contributed by atoms with Crippen molar-refractivity contribution >= 4 is 11.6 Å². The van der Waals surface area contributed by atoms with Crippen LogP contribution in [-0.2, 0) is 11.2 Å². The van der Waals surface area contributed by atoms with Crippen molar-refractivity contribution in [3.63, 3.8) is 0 Å². The van der Waals surface area contributed by atoms with Crippen molar-refractivity contribution in [2.75, 3.05) is 0 Å². The maximum Gasteiger partial charge on any atom is 0.223 e. The maximum atomic E-state index is 13.6. The smallest absolute Gasteiger partial charge is 0.223 e. The molecule has 26 heavy (non-hydrogen) atoms. The highest BCUT2D eigenvalue weighted by Crippen LogP contribution is 2.29. The zero-order valence-electron chi connectivity index (χ0n) is 13.6. The predicted octanol–water partition coefficient (Wildman–Crippen LogP) is 2.63. The third-order valence-corrected chi connectivity index (χ3v) is 4.02. The average molecular weight is 347 g/mol. The molecule has 0 aromatic carbocycles. The molecule has 128 valence electrons. The third-order valence-electron chi connectivity index (χ3n) is 4.02. The summed E-state index contributed by atoms with van der Waals surface area (Å²) in [6.45, 7) is 0. The minimum Gasteiger partial charge on any atom is -0.369 e. The number of nitrogens with two attached hydrogens (primary N) is 1. The molecule has 0 saturated heterocycles. The Morgan fingerprint density at radius 2 is 2.00 bits per heavy atom. The molecular formula is C19H14FN5O. The number of pyridine rings is 3. The van der Waals surface area contributed by atoms with Crippen LogP contribution >= 0.6 is 0 Å². The maximum absolute atomic E-state index is 13.6. The van der Waals surface area contributed by atoms with Gasteiger partial charge in [-0.1, -0.05) is 6.07 Å². The van der Waals surface area contributed by atoms with Crippen LogP contribution in [0.25, 0.3) is 28.2 Å². The fourth-order valence-electron chi connectivity index (χ4n) is 2.88. The van der Waals surface area contributed by atoms with Crippen LogP contribution in [0.3, 0.4) is 0 Å². The number of nitrogens with zero attached hydrogens (tertiary/aromatic N) is 4. The number of imidazole rings is 1. The summed E-state index contributed by atoms with van der Waals surface area (Å²) in [5.74, 6) is -0.802. The van der Waals surface area contributed by atoms with Gasteiger partial charge in [-0.15, -0.1) is 0 Å². The van der Waals surface area contributed by atoms with E-state index < -0.39 is 5.91 Å². The molecule has 4 rings (SSSR count). The highest BCUT2D eigenvalue weighted by atomic mass is 19.1. The Hall–Kier alpha value is -3.61. The molecular weight excluding hydrogens is 333 g/mol. The zero-order chi connectivity index (χ0) is 18.1. The first-order valence-corrected chi connectivity index (χ1v) is 7.93. The fourth-order valence-corrected chi connectivity index (χ4v) is 2.88. The lowest BCUT2D eigenvalue weighted by molar-refractivity contribution is -0.117. The van der Waals surface area contributed by atoms with Crippen LogP contribution in [0.15, 0.2) is 61.2 Å². The van der Waals surface area contributed by atoms with Crippen LogP contribution in [0.1, 0.15) is 5.69 Å². The molecule has 4 aromatic heterocycles. The number of amides is 1. The van der Waals surface area contributed by atoms with E-state index in [4.69, 9.17) is 5.73 Å². The van der Waals surface area contributed by atoms with Crippen molar-refractivity contribution in [1.82, 2.24) is 19.4 Å². The summed E-state index contributed by atoms with van der Waals surface area (Å²) in [7, 11) is 0. The molecule has 0 spiro atoms. The van der Waals surface area contributed by atoms with Crippen LogP contribution in [0, 0.1) is 5.82 Å². The van der Waals surface area contributed by atoms with Crippen molar-refractivity contribution in [1.29, 1.82) is 0 Å². The average Bonchev–Trinajstić information content (AvgIpc) is 3.03. The number of halogens is 1. The number of hydrogen-bond donors (Lipinski definition) is 1. The summed E-state index contributed by atoms with van der Waals surface area (Å²) in [5.41, 5.74) is 9.37. The summed E-state index contributed by atoms with van der Waals surface area (Å²) in [5, 5.41) is 0. The second-order valence-corrected chi connectivity index (χ2v) is 5.80. The number of primary amides is 1. The number of rotatable bonds is 4. The molecule has 0 aliphatic carbocycles. The Labute approximate surface area is 148 Å². The number of carbonyl (C=O) groups is 1. The normalized spacial score (nSPS) is 11.0. The molecule has 1 amide bonds. The molecule has 0 aliphatic rings. The van der Waals surface area contributed by atoms with E-state index in [0.29, 0.717) is 22.7 Å². The molecule has 6 nitrogen and oxygen atoms in total. The molecule has 7 heteroatoms. The van der Waals surface area contributed by atoms with E-state index in [1.165, 1.54) is 18.3 Å². The summed E-state index contributed by atoms with van der Waals surface area (Å²) in [4.78, 5) is 24.1. The monoisotopic (exact) mass is 347 g/mol. The SMILES string of the molecule is NC(=O)Cc1cnc2ccc(-c3cccnc3-c3cc(F)ccn3)cn12. The third kappa shape index (κ3) is 2.90. The second-order valence-electron chi connectivity index (χ2n) is 5.80. The molecule has 2 N–H and O–H groups in total. The van der Waals surface area contributed by atoms with E-state index in [1.807, 2.05) is 28.8 Å². The van der Waals surface area contributed by atoms with Gasteiger partial charge in [-0.2, -0.15) is 0 Å². The van der Waals surface area contributed by atoms with Gasteiger partial charge in [0.1, 0.15) is 11.5 Å². The molecule has 0 atom stereocenters. The molecule has 0 bridgehead atoms. The van der Waals surface area contributed by atoms with Gasteiger partial charge in [0.25, 0.3) is 0 Å². The van der Waals surface area contributed by atoms with Crippen LogP contribution in [0.5, 0.6) is 0 Å². The number of fused-ring (bicyclic) bond motifs is 1. The van der Waals surface area contributed by atoms with E-state index in [-0.39, 0.29) is 12.2 Å². The molecule has 4 aromatic rings. The molecule has 0 fully saturated rings. The van der Waals surface area contributed by atoms with Gasteiger partial charge in [0, 0.05) is 42.0 Å². The van der Waals surface area contributed by atoms with Crippen molar-refractivity contribution in [3.05, 3.63) is 72.7 Å². The molecule has 0 saturated carbocycles. The van der Waals surface area contributed by atoms with E-state index in [2.05, 4.69) is 15.0 Å². The van der Waals surface area contributed by atoms with Crippen LogP contribution < -0.4 is 5.73 Å². The van der Waals surface area contributed by atoms with Gasteiger partial charge in [0.2, 0.25) is 5.91 Å². The molecule has 0 unspecified atom stereocenters. The standard InChI is InChI=1S/C19H14FN5O/c20-13-5-7-22-16(8-13)19-15(2-1-6-23-19)12-3-4-18-24-10-14(9-17(21)26)25(18)11-12/h1-8,10-11H,9H2,(H2,21,26). The summed E-state index contributed by atoms with van der Waals surface area (Å²) >= 11 is 0. The summed E-state index contributed by atoms with van der Waals surface area (Å²) in [6, 6.07) is 10.1. The van der Waals surface area contributed by atoms with Crippen molar-refractivity contribution in [2.24, 2.45) is 5.73 Å². The van der Waals surface area contributed by atoms with E-state index in [0.717, 1.165) is 11.1 Å². The number of aromatic nitrogens is 4. The lowest BCUT2D eigenvalue weighted by Gasteiger charge is -2.09. The van der Waals surface area contributed by atoms with E-state index >= 15 is 0 Å². The first kappa shape index (κ1) is 15.9. The molecule has 0 radical (unpaired) electrons. The van der Waals surface area contributed by atoms with E-state index in [9.17, 15) is 9.18 Å². The molecule has 0 aliphatic heterocycles. The van der Waals surface area contributed by atoms with Crippen LogP contribution in [0.2, 0.25) is 0 Å². The molecule has 4 heterocycles. The largest absolute Gasteiger partial charge is 0.369 e. The fraction of sp³-hybridized carbons (Fsp3) is 0.0526. The van der Waals surface area contributed by atoms with Crippen molar-refractivity contribution in [2.45, 2.75) is 6.42 Å². The Morgan fingerprint density at radius 1 is 1.12 bits per heavy atom. The van der Waals surface area contributed by atoms with Crippen LogP contribution in [-0.4, -0.2) is 25.3 Å². The van der Waals surface area contributed by atoms with Gasteiger partial charge >= 0.3 is 0 Å². The number of hydrogen-bond acceptors (Lipinski definition) is 4. The Kier molecular flexibility index (Phi) is 3.89. The first-order valence-electron chi connectivity index (χ1n) is 7.93. The number of carbonyl (C=O) groups excluding carboxylic acids is 1. The Bertz CT molecular complexity index is 1120. The van der Waals surface area contributed by atoms with Crippen molar-refractivity contribution in [3.8, 4) is 22.5 Å². The lowest BCUT2D eigenvalue weighted by Crippen LogP contribution is -2.14. The second kappa shape index (κ2) is 6.36. The van der Waals surface area contributed by atoms with Crippen molar-refractivity contribution < 1.29 is 9.18 Å². The van der Waals surface area contributed by atoms with Gasteiger partial charge < -0.3 is 10.1 Å². The summed E-state index contributed by atoms with van der Waals surface area (Å²) < 4.78 is 15.4. The van der Waals surface area contributed by atoms with E-state index in [1.54, 1.807) is 18.5 Å². The quantitative estimate of drug-likeness (QED) is 0.615. The van der Waals surface area contributed by atoms with Gasteiger partial charge in [-0.3, -0.25) is 14.8 Å². The van der Waals surface area contributed by atoms with Gasteiger partial charge in [-0.25, -0.2) is 9.37 Å². The van der Waals surface area contributed by atoms with Gasteiger partial charge in [0.05, 0.1) is 23.5 Å². The topological polar surface area (TPSA) is 86.2 Å². The Morgan fingerprint density at radius 3 is 2.81 bits per heavy atom. The summed E-state index contributed by atoms with van der Waals surface area (Å²) in [6.07, 6.45) is 6.63. The zero-order valence-corrected chi connectivity index (χ0v) is 13.6. The Balaban J connectivity index is 1.87. The first-order chi connectivity index (χ1) is 12.6. The highest BCUT2D eigenvalue weighted by Gasteiger charge is 2.13. The minimum atomic E-state index is -0.428. The highest BCUT2D eigenvalue weighted by molar-refractivity contribution is 5.80. The van der Waals surface area contributed by atoms with Crippen LogP contribution in [0.4, 0.5) is 4.39 Å². The van der Waals surface area contributed by atoms with Gasteiger partial charge in [-0.05, 0) is 24.3 Å². The van der Waals surface area contributed by atoms with Gasteiger partial charge in [0.15, 0.2) is 0 Å². The minimum absolute atomic E-state index is 0.0932. The predicted molar refractivity (Wildman–Crippen MR) is 94.5 cm³/mol. The lowest BCUT2D eigenvalue weighted by atomic mass is 10.0.